The van der Waals surface area contributed by atoms with Crippen LogP contribution >= 0.6 is 0 Å². The Hall–Kier alpha value is -0.120. The molecule has 1 atom stereocenters. The highest BCUT2D eigenvalue weighted by Gasteiger charge is 2.39. The number of hydrogen-bond donors (Lipinski definition) is 1. The summed E-state index contributed by atoms with van der Waals surface area (Å²) in [6.07, 6.45) is 2.55. The Morgan fingerprint density at radius 1 is 1.43 bits per heavy atom. The molecule has 0 radical (unpaired) electrons. The van der Waals surface area contributed by atoms with E-state index in [0.717, 1.165) is 13.2 Å². The molecule has 2 fully saturated rings. The summed E-state index contributed by atoms with van der Waals surface area (Å²) in [4.78, 5) is 2.52. The van der Waals surface area contributed by atoms with Gasteiger partial charge in [-0.3, -0.25) is 5.32 Å². The largest absolute Gasteiger partial charge is 0.359 e. The van der Waals surface area contributed by atoms with Gasteiger partial charge >= 0.3 is 0 Å². The molecular formula is C11H22N2O. The van der Waals surface area contributed by atoms with Crippen LogP contribution in [0, 0.1) is 5.92 Å². The van der Waals surface area contributed by atoms with Crippen molar-refractivity contribution in [3.8, 4) is 0 Å². The van der Waals surface area contributed by atoms with Crippen LogP contribution in [0.1, 0.15) is 26.7 Å². The maximum absolute atomic E-state index is 5.82. The van der Waals surface area contributed by atoms with Gasteiger partial charge in [-0.15, -0.1) is 0 Å². The average molecular weight is 198 g/mol. The van der Waals surface area contributed by atoms with E-state index in [1.807, 2.05) is 0 Å². The molecule has 0 aromatic rings. The molecule has 2 rings (SSSR count). The van der Waals surface area contributed by atoms with Gasteiger partial charge in [0.25, 0.3) is 0 Å². The van der Waals surface area contributed by atoms with Crippen molar-refractivity contribution in [1.82, 2.24) is 10.2 Å². The number of rotatable bonds is 2. The molecule has 0 aliphatic carbocycles. The first-order valence-corrected chi connectivity index (χ1v) is 5.86. The smallest absolute Gasteiger partial charge is 0.119 e. The Morgan fingerprint density at radius 2 is 2.14 bits per heavy atom. The SMILES string of the molecule is CCN1CCC(C2(C)NCCO2)CC1. The molecule has 1 unspecified atom stereocenters. The maximum Gasteiger partial charge on any atom is 0.119 e. The molecule has 2 saturated heterocycles. The summed E-state index contributed by atoms with van der Waals surface area (Å²) in [6.45, 7) is 10.0. The molecule has 3 heteroatoms. The fourth-order valence-corrected chi connectivity index (χ4v) is 2.68. The lowest BCUT2D eigenvalue weighted by molar-refractivity contribution is -0.0619. The van der Waals surface area contributed by atoms with Crippen molar-refractivity contribution < 1.29 is 4.74 Å². The molecule has 0 amide bonds. The highest BCUT2D eigenvalue weighted by Crippen LogP contribution is 2.31. The minimum Gasteiger partial charge on any atom is -0.359 e. The average Bonchev–Trinajstić information content (AvgIpc) is 2.67. The first-order valence-electron chi connectivity index (χ1n) is 5.86. The van der Waals surface area contributed by atoms with Crippen molar-refractivity contribution in [2.45, 2.75) is 32.4 Å². The van der Waals surface area contributed by atoms with Crippen LogP contribution in [-0.2, 0) is 4.74 Å². The molecular weight excluding hydrogens is 176 g/mol. The topological polar surface area (TPSA) is 24.5 Å². The van der Waals surface area contributed by atoms with Gasteiger partial charge in [0.05, 0.1) is 6.61 Å². The molecule has 2 aliphatic rings. The zero-order valence-corrected chi connectivity index (χ0v) is 9.38. The number of nitrogens with one attached hydrogen (secondary N) is 1. The zero-order chi connectivity index (χ0) is 10.0. The van der Waals surface area contributed by atoms with Crippen molar-refractivity contribution >= 4 is 0 Å². The Labute approximate surface area is 86.8 Å². The summed E-state index contributed by atoms with van der Waals surface area (Å²) in [6, 6.07) is 0. The van der Waals surface area contributed by atoms with Crippen molar-refractivity contribution in [3.05, 3.63) is 0 Å². The van der Waals surface area contributed by atoms with Crippen molar-refractivity contribution in [1.29, 1.82) is 0 Å². The van der Waals surface area contributed by atoms with Crippen LogP contribution in [0.4, 0.5) is 0 Å². The second kappa shape index (κ2) is 4.17. The van der Waals surface area contributed by atoms with Gasteiger partial charge in [-0.05, 0) is 39.4 Å². The summed E-state index contributed by atoms with van der Waals surface area (Å²) in [5.41, 5.74) is -0.0279. The van der Waals surface area contributed by atoms with E-state index in [4.69, 9.17) is 4.74 Å². The molecule has 14 heavy (non-hydrogen) atoms. The van der Waals surface area contributed by atoms with Gasteiger partial charge in [-0.25, -0.2) is 0 Å². The summed E-state index contributed by atoms with van der Waals surface area (Å²) in [5.74, 6) is 0.702. The highest BCUT2D eigenvalue weighted by atomic mass is 16.5. The molecule has 2 heterocycles. The lowest BCUT2D eigenvalue weighted by atomic mass is 9.87. The van der Waals surface area contributed by atoms with Crippen molar-refractivity contribution in [2.24, 2.45) is 5.92 Å². The van der Waals surface area contributed by atoms with E-state index in [0.29, 0.717) is 5.92 Å². The molecule has 0 bridgehead atoms. The Morgan fingerprint density at radius 3 is 2.64 bits per heavy atom. The maximum atomic E-state index is 5.82. The van der Waals surface area contributed by atoms with Crippen LogP contribution in [0.2, 0.25) is 0 Å². The van der Waals surface area contributed by atoms with Crippen LogP contribution in [-0.4, -0.2) is 43.4 Å². The van der Waals surface area contributed by atoms with E-state index < -0.39 is 0 Å². The van der Waals surface area contributed by atoms with Gasteiger partial charge in [0, 0.05) is 12.5 Å². The van der Waals surface area contributed by atoms with Gasteiger partial charge in [0.15, 0.2) is 0 Å². The molecule has 0 saturated carbocycles. The molecule has 2 aliphatic heterocycles. The third kappa shape index (κ3) is 1.95. The van der Waals surface area contributed by atoms with E-state index in [-0.39, 0.29) is 5.72 Å². The summed E-state index contributed by atoms with van der Waals surface area (Å²) >= 11 is 0. The van der Waals surface area contributed by atoms with Gasteiger partial charge in [0.2, 0.25) is 0 Å². The summed E-state index contributed by atoms with van der Waals surface area (Å²) < 4.78 is 5.82. The van der Waals surface area contributed by atoms with Crippen LogP contribution < -0.4 is 5.32 Å². The van der Waals surface area contributed by atoms with Gasteiger partial charge < -0.3 is 9.64 Å². The van der Waals surface area contributed by atoms with E-state index in [2.05, 4.69) is 24.1 Å². The van der Waals surface area contributed by atoms with Crippen LogP contribution in [0.5, 0.6) is 0 Å². The quantitative estimate of drug-likeness (QED) is 0.718. The number of nitrogens with zero attached hydrogens (tertiary/aromatic N) is 1. The molecule has 3 nitrogen and oxygen atoms in total. The first kappa shape index (κ1) is 10.4. The minimum absolute atomic E-state index is 0.0279. The van der Waals surface area contributed by atoms with Crippen LogP contribution in [0.3, 0.4) is 0 Å². The zero-order valence-electron chi connectivity index (χ0n) is 9.38. The van der Waals surface area contributed by atoms with E-state index in [1.54, 1.807) is 0 Å². The normalized spacial score (nSPS) is 36.4. The Bertz CT molecular complexity index is 182. The second-order valence-corrected chi connectivity index (χ2v) is 4.59. The lowest BCUT2D eigenvalue weighted by Gasteiger charge is -2.39. The van der Waals surface area contributed by atoms with Crippen molar-refractivity contribution in [3.63, 3.8) is 0 Å². The molecule has 82 valence electrons. The van der Waals surface area contributed by atoms with Gasteiger partial charge in [-0.2, -0.15) is 0 Å². The van der Waals surface area contributed by atoms with Crippen molar-refractivity contribution in [2.75, 3.05) is 32.8 Å². The Kier molecular flexibility index (Phi) is 3.10. The van der Waals surface area contributed by atoms with Gasteiger partial charge in [-0.1, -0.05) is 6.92 Å². The molecule has 1 N–H and O–H groups in total. The van der Waals surface area contributed by atoms with Gasteiger partial charge in [0.1, 0.15) is 5.72 Å². The number of likely N-dealkylation sites (tertiary alicyclic amines) is 1. The highest BCUT2D eigenvalue weighted by molar-refractivity contribution is 4.88. The van der Waals surface area contributed by atoms with E-state index >= 15 is 0 Å². The Balaban J connectivity index is 1.88. The van der Waals surface area contributed by atoms with E-state index in [9.17, 15) is 0 Å². The minimum atomic E-state index is -0.0279. The predicted molar refractivity (Wildman–Crippen MR) is 57.2 cm³/mol. The fourth-order valence-electron chi connectivity index (χ4n) is 2.68. The summed E-state index contributed by atoms with van der Waals surface area (Å²) in [5, 5.41) is 3.49. The molecule has 0 aromatic carbocycles. The van der Waals surface area contributed by atoms with Crippen LogP contribution in [0.25, 0.3) is 0 Å². The summed E-state index contributed by atoms with van der Waals surface area (Å²) in [7, 11) is 0. The lowest BCUT2D eigenvalue weighted by Crippen LogP contribution is -2.49. The monoisotopic (exact) mass is 198 g/mol. The third-order valence-electron chi connectivity index (χ3n) is 3.79. The van der Waals surface area contributed by atoms with Crippen LogP contribution in [0.15, 0.2) is 0 Å². The molecule has 0 aromatic heterocycles. The predicted octanol–water partition coefficient (Wildman–Crippen LogP) is 1.05. The van der Waals surface area contributed by atoms with E-state index in [1.165, 1.54) is 32.5 Å². The second-order valence-electron chi connectivity index (χ2n) is 4.59. The number of hydrogen-bond acceptors (Lipinski definition) is 3. The number of piperidine rings is 1. The standard InChI is InChI=1S/C11H22N2O/c1-3-13-7-4-10(5-8-13)11(2)12-6-9-14-11/h10,12H,3-9H2,1-2H3. The number of ether oxygens (including phenoxy) is 1. The fraction of sp³-hybridized carbons (Fsp3) is 1.00. The first-order chi connectivity index (χ1) is 6.74. The molecule has 0 spiro atoms. The third-order valence-corrected chi connectivity index (χ3v) is 3.79.